The van der Waals surface area contributed by atoms with Crippen molar-refractivity contribution in [2.24, 2.45) is 0 Å². The number of pyridine rings is 1. The molecular weight excluding hydrogens is 348 g/mol. The highest BCUT2D eigenvalue weighted by atomic mass is 15.1. The summed E-state index contributed by atoms with van der Waals surface area (Å²) >= 11 is 0. The molecule has 0 atom stereocenters. The minimum Gasteiger partial charge on any atom is -0.372 e. The van der Waals surface area contributed by atoms with E-state index in [0.717, 1.165) is 35.9 Å². The van der Waals surface area contributed by atoms with E-state index in [-0.39, 0.29) is 0 Å². The van der Waals surface area contributed by atoms with E-state index in [1.165, 1.54) is 24.9 Å². The van der Waals surface area contributed by atoms with E-state index in [1.54, 1.807) is 12.4 Å². The Hall–Kier alpha value is -3.15. The summed E-state index contributed by atoms with van der Waals surface area (Å²) in [5, 5.41) is 6.68. The smallest absolute Gasteiger partial charge is 0.225 e. The van der Waals surface area contributed by atoms with Crippen LogP contribution in [0.4, 0.5) is 23.1 Å². The molecule has 2 aromatic heterocycles. The number of nitrogens with zero attached hydrogens (tertiary/aromatic N) is 4. The largest absolute Gasteiger partial charge is 0.372 e. The van der Waals surface area contributed by atoms with Crippen LogP contribution in [0.25, 0.3) is 0 Å². The molecule has 3 aromatic rings. The molecule has 0 spiro atoms. The molecule has 2 N–H and O–H groups in total. The normalized spacial score (nSPS) is 14.0. The van der Waals surface area contributed by atoms with Crippen molar-refractivity contribution >= 4 is 23.1 Å². The summed E-state index contributed by atoms with van der Waals surface area (Å²) in [5.74, 6) is 1.40. The lowest BCUT2D eigenvalue weighted by Crippen LogP contribution is -2.29. The first-order chi connectivity index (χ1) is 13.8. The van der Waals surface area contributed by atoms with E-state index in [4.69, 9.17) is 0 Å². The Bertz CT molecular complexity index is 889. The number of aryl methyl sites for hydroxylation is 1. The van der Waals surface area contributed by atoms with Gasteiger partial charge in [-0.2, -0.15) is 4.98 Å². The van der Waals surface area contributed by atoms with Gasteiger partial charge in [-0.25, -0.2) is 4.98 Å². The molecule has 1 fully saturated rings. The first-order valence-electron chi connectivity index (χ1n) is 9.87. The van der Waals surface area contributed by atoms with Gasteiger partial charge in [0.25, 0.3) is 0 Å². The molecule has 0 radical (unpaired) electrons. The highest BCUT2D eigenvalue weighted by Crippen LogP contribution is 2.23. The van der Waals surface area contributed by atoms with Gasteiger partial charge >= 0.3 is 0 Å². The van der Waals surface area contributed by atoms with Gasteiger partial charge in [0, 0.05) is 55.2 Å². The molecule has 1 aliphatic heterocycles. The van der Waals surface area contributed by atoms with Gasteiger partial charge in [0.05, 0.1) is 0 Å². The van der Waals surface area contributed by atoms with Crippen molar-refractivity contribution in [2.75, 3.05) is 28.6 Å². The molecule has 6 heteroatoms. The van der Waals surface area contributed by atoms with Crippen molar-refractivity contribution in [1.29, 1.82) is 0 Å². The molecule has 6 nitrogen and oxygen atoms in total. The SMILES string of the molecule is Cc1cc(Nc2ccc(N3CCCCC3)cc2)nc(NCc2ccncc2)n1. The topological polar surface area (TPSA) is 66.0 Å². The standard InChI is InChI=1S/C22H26N6/c1-17-15-21(27-22(25-17)24-16-18-9-11-23-12-10-18)26-19-5-7-20(8-6-19)28-13-3-2-4-14-28/h5-12,15H,2-4,13-14,16H2,1H3,(H2,24,25,26,27). The Morgan fingerprint density at radius 2 is 1.68 bits per heavy atom. The van der Waals surface area contributed by atoms with Crippen LogP contribution in [0.5, 0.6) is 0 Å². The van der Waals surface area contributed by atoms with Gasteiger partial charge < -0.3 is 15.5 Å². The molecule has 0 unspecified atom stereocenters. The molecule has 4 rings (SSSR count). The quantitative estimate of drug-likeness (QED) is 0.661. The number of piperidine rings is 1. The van der Waals surface area contributed by atoms with Crippen molar-refractivity contribution in [3.05, 3.63) is 66.1 Å². The van der Waals surface area contributed by atoms with E-state index < -0.39 is 0 Å². The van der Waals surface area contributed by atoms with Gasteiger partial charge in [0.2, 0.25) is 5.95 Å². The fourth-order valence-corrected chi connectivity index (χ4v) is 3.45. The predicted molar refractivity (Wildman–Crippen MR) is 114 cm³/mol. The third-order valence-corrected chi connectivity index (χ3v) is 4.92. The molecule has 0 amide bonds. The van der Waals surface area contributed by atoms with Gasteiger partial charge in [-0.3, -0.25) is 4.98 Å². The van der Waals surface area contributed by atoms with Crippen LogP contribution in [0.2, 0.25) is 0 Å². The van der Waals surface area contributed by atoms with Gasteiger partial charge in [-0.15, -0.1) is 0 Å². The van der Waals surface area contributed by atoms with Crippen molar-refractivity contribution in [2.45, 2.75) is 32.7 Å². The average molecular weight is 374 g/mol. The second-order valence-corrected chi connectivity index (χ2v) is 7.15. The van der Waals surface area contributed by atoms with Gasteiger partial charge in [0.1, 0.15) is 5.82 Å². The summed E-state index contributed by atoms with van der Waals surface area (Å²) < 4.78 is 0. The highest BCUT2D eigenvalue weighted by molar-refractivity contribution is 5.61. The van der Waals surface area contributed by atoms with Crippen LogP contribution in [0.1, 0.15) is 30.5 Å². The summed E-state index contributed by atoms with van der Waals surface area (Å²) in [4.78, 5) is 15.6. The Morgan fingerprint density at radius 1 is 0.929 bits per heavy atom. The summed E-state index contributed by atoms with van der Waals surface area (Å²) in [6.45, 7) is 4.95. The van der Waals surface area contributed by atoms with Gasteiger partial charge in [0.15, 0.2) is 0 Å². The number of anilines is 4. The molecule has 0 bridgehead atoms. The van der Waals surface area contributed by atoms with E-state index >= 15 is 0 Å². The molecule has 0 aliphatic carbocycles. The Labute approximate surface area is 166 Å². The van der Waals surface area contributed by atoms with Crippen LogP contribution in [-0.4, -0.2) is 28.0 Å². The number of rotatable bonds is 6. The summed E-state index contributed by atoms with van der Waals surface area (Å²) in [6.07, 6.45) is 7.50. The van der Waals surface area contributed by atoms with Crippen molar-refractivity contribution in [1.82, 2.24) is 15.0 Å². The summed E-state index contributed by atoms with van der Waals surface area (Å²) in [5.41, 5.74) is 4.38. The molecular formula is C22H26N6. The fourth-order valence-electron chi connectivity index (χ4n) is 3.45. The zero-order valence-electron chi connectivity index (χ0n) is 16.2. The molecule has 0 saturated carbocycles. The fraction of sp³-hybridized carbons (Fsp3) is 0.318. The maximum absolute atomic E-state index is 4.60. The third kappa shape index (κ3) is 4.76. The average Bonchev–Trinajstić information content (AvgIpc) is 2.74. The van der Waals surface area contributed by atoms with Crippen LogP contribution < -0.4 is 15.5 Å². The summed E-state index contributed by atoms with van der Waals surface area (Å²) in [6, 6.07) is 14.5. The zero-order chi connectivity index (χ0) is 19.2. The van der Waals surface area contributed by atoms with Gasteiger partial charge in [-0.05, 0) is 68.1 Å². The van der Waals surface area contributed by atoms with E-state index in [2.05, 4.69) is 54.8 Å². The first kappa shape index (κ1) is 18.2. The summed E-state index contributed by atoms with van der Waals surface area (Å²) in [7, 11) is 0. The van der Waals surface area contributed by atoms with Crippen LogP contribution in [0.15, 0.2) is 54.9 Å². The number of nitrogens with one attached hydrogen (secondary N) is 2. The van der Waals surface area contributed by atoms with E-state index in [1.807, 2.05) is 25.1 Å². The highest BCUT2D eigenvalue weighted by Gasteiger charge is 2.10. The predicted octanol–water partition coefficient (Wildman–Crippen LogP) is 4.53. The molecule has 144 valence electrons. The number of hydrogen-bond acceptors (Lipinski definition) is 6. The number of benzene rings is 1. The minimum atomic E-state index is 0.615. The Kier molecular flexibility index (Phi) is 5.66. The second-order valence-electron chi connectivity index (χ2n) is 7.15. The lowest BCUT2D eigenvalue weighted by molar-refractivity contribution is 0.578. The molecule has 1 aromatic carbocycles. The van der Waals surface area contributed by atoms with E-state index in [9.17, 15) is 0 Å². The lowest BCUT2D eigenvalue weighted by Gasteiger charge is -2.28. The van der Waals surface area contributed by atoms with Crippen LogP contribution in [0.3, 0.4) is 0 Å². The third-order valence-electron chi connectivity index (χ3n) is 4.92. The molecule has 1 saturated heterocycles. The Balaban J connectivity index is 1.41. The van der Waals surface area contributed by atoms with Crippen molar-refractivity contribution in [3.8, 4) is 0 Å². The van der Waals surface area contributed by atoms with Crippen LogP contribution >= 0.6 is 0 Å². The second kappa shape index (κ2) is 8.69. The van der Waals surface area contributed by atoms with Crippen LogP contribution in [0, 0.1) is 6.92 Å². The number of aromatic nitrogens is 3. The minimum absolute atomic E-state index is 0.615. The maximum atomic E-state index is 4.60. The maximum Gasteiger partial charge on any atom is 0.225 e. The molecule has 3 heterocycles. The zero-order valence-corrected chi connectivity index (χ0v) is 16.2. The first-order valence-corrected chi connectivity index (χ1v) is 9.87. The van der Waals surface area contributed by atoms with Crippen molar-refractivity contribution in [3.63, 3.8) is 0 Å². The van der Waals surface area contributed by atoms with Gasteiger partial charge in [-0.1, -0.05) is 0 Å². The van der Waals surface area contributed by atoms with Crippen LogP contribution in [-0.2, 0) is 6.54 Å². The molecule has 1 aliphatic rings. The monoisotopic (exact) mass is 374 g/mol. The van der Waals surface area contributed by atoms with E-state index in [0.29, 0.717) is 12.5 Å². The van der Waals surface area contributed by atoms with Crippen molar-refractivity contribution < 1.29 is 0 Å². The Morgan fingerprint density at radius 3 is 2.43 bits per heavy atom. The number of hydrogen-bond donors (Lipinski definition) is 2. The molecule has 28 heavy (non-hydrogen) atoms. The lowest BCUT2D eigenvalue weighted by atomic mass is 10.1.